The third kappa shape index (κ3) is 2.93. The van der Waals surface area contributed by atoms with E-state index >= 15 is 0 Å². The molecule has 0 amide bonds. The first kappa shape index (κ1) is 13.5. The Morgan fingerprint density at radius 3 is 2.68 bits per heavy atom. The topological polar surface area (TPSA) is 59.4 Å². The molecule has 100 valence electrons. The average molecular weight is 277 g/mol. The molecule has 1 N–H and O–H groups in total. The number of aromatic carboxylic acids is 1. The fourth-order valence-electron chi connectivity index (χ4n) is 1.74. The Labute approximate surface area is 115 Å². The highest BCUT2D eigenvalue weighted by molar-refractivity contribution is 7.11. The van der Waals surface area contributed by atoms with Gasteiger partial charge in [0.15, 0.2) is 0 Å². The second-order valence-electron chi connectivity index (χ2n) is 4.27. The molecule has 0 atom stereocenters. The second kappa shape index (κ2) is 5.40. The molecule has 0 fully saturated rings. The highest BCUT2D eigenvalue weighted by Crippen LogP contribution is 2.24. The van der Waals surface area contributed by atoms with E-state index in [4.69, 9.17) is 9.84 Å². The molecule has 0 aliphatic carbocycles. The molecule has 0 saturated heterocycles. The SMILES string of the molecule is Cc1nc(COc2cccc(C(=O)O)c2C)sc1C. The Kier molecular flexibility index (Phi) is 3.85. The normalized spacial score (nSPS) is 10.5. The number of carbonyl (C=O) groups is 1. The number of carboxylic acids is 1. The Balaban J connectivity index is 2.16. The van der Waals surface area contributed by atoms with Crippen LogP contribution in [0.2, 0.25) is 0 Å². The summed E-state index contributed by atoms with van der Waals surface area (Å²) in [6, 6.07) is 5.03. The summed E-state index contributed by atoms with van der Waals surface area (Å²) in [6.07, 6.45) is 0. The molecule has 2 aromatic rings. The Morgan fingerprint density at radius 2 is 2.11 bits per heavy atom. The minimum atomic E-state index is -0.941. The van der Waals surface area contributed by atoms with Crippen LogP contribution in [-0.2, 0) is 6.61 Å². The predicted molar refractivity (Wildman–Crippen MR) is 74.1 cm³/mol. The summed E-state index contributed by atoms with van der Waals surface area (Å²) in [5, 5.41) is 9.95. The first-order chi connectivity index (χ1) is 8.99. The lowest BCUT2D eigenvalue weighted by Crippen LogP contribution is -2.03. The minimum Gasteiger partial charge on any atom is -0.486 e. The van der Waals surface area contributed by atoms with Crippen LogP contribution in [0.3, 0.4) is 0 Å². The number of ether oxygens (including phenoxy) is 1. The van der Waals surface area contributed by atoms with Crippen LogP contribution in [0.4, 0.5) is 0 Å². The van der Waals surface area contributed by atoms with Crippen molar-refractivity contribution in [3.63, 3.8) is 0 Å². The lowest BCUT2D eigenvalue weighted by molar-refractivity contribution is 0.0695. The molecule has 5 heteroatoms. The molecule has 19 heavy (non-hydrogen) atoms. The van der Waals surface area contributed by atoms with Crippen molar-refractivity contribution in [3.05, 3.63) is 44.9 Å². The number of aryl methyl sites for hydroxylation is 2. The maximum absolute atomic E-state index is 11.0. The standard InChI is InChI=1S/C14H15NO3S/c1-8-11(14(16)17)5-4-6-12(8)18-7-13-15-9(2)10(3)19-13/h4-6H,7H2,1-3H3,(H,16,17). The predicted octanol–water partition coefficient (Wildman–Crippen LogP) is 3.35. The molecule has 4 nitrogen and oxygen atoms in total. The molecule has 0 saturated carbocycles. The number of aromatic nitrogens is 1. The van der Waals surface area contributed by atoms with Crippen molar-refractivity contribution in [2.75, 3.05) is 0 Å². The molecule has 0 unspecified atom stereocenters. The van der Waals surface area contributed by atoms with Crippen molar-refractivity contribution in [1.82, 2.24) is 4.98 Å². The van der Waals surface area contributed by atoms with Crippen molar-refractivity contribution in [3.8, 4) is 5.75 Å². The van der Waals surface area contributed by atoms with Gasteiger partial charge in [-0.15, -0.1) is 11.3 Å². The van der Waals surface area contributed by atoms with Gasteiger partial charge < -0.3 is 9.84 Å². The van der Waals surface area contributed by atoms with Crippen LogP contribution in [0.5, 0.6) is 5.75 Å². The summed E-state index contributed by atoms with van der Waals surface area (Å²) in [5.74, 6) is -0.353. The van der Waals surface area contributed by atoms with Crippen LogP contribution in [0.15, 0.2) is 18.2 Å². The monoisotopic (exact) mass is 277 g/mol. The molecule has 2 rings (SSSR count). The van der Waals surface area contributed by atoms with Gasteiger partial charge in [-0.2, -0.15) is 0 Å². The third-order valence-corrected chi connectivity index (χ3v) is 3.98. The van der Waals surface area contributed by atoms with Gasteiger partial charge in [-0.1, -0.05) is 6.07 Å². The zero-order valence-corrected chi connectivity index (χ0v) is 11.9. The van der Waals surface area contributed by atoms with Crippen molar-refractivity contribution in [2.45, 2.75) is 27.4 Å². The van der Waals surface area contributed by atoms with Gasteiger partial charge in [-0.3, -0.25) is 0 Å². The van der Waals surface area contributed by atoms with E-state index in [-0.39, 0.29) is 5.56 Å². The largest absolute Gasteiger partial charge is 0.486 e. The summed E-state index contributed by atoms with van der Waals surface area (Å²) in [6.45, 7) is 6.10. The molecular formula is C14H15NO3S. The van der Waals surface area contributed by atoms with Crippen LogP contribution in [0.25, 0.3) is 0 Å². The highest BCUT2D eigenvalue weighted by atomic mass is 32.1. The van der Waals surface area contributed by atoms with E-state index in [1.165, 1.54) is 4.88 Å². The van der Waals surface area contributed by atoms with Gasteiger partial charge in [-0.25, -0.2) is 9.78 Å². The summed E-state index contributed by atoms with van der Waals surface area (Å²) in [4.78, 5) is 16.6. The second-order valence-corrected chi connectivity index (χ2v) is 5.56. The van der Waals surface area contributed by atoms with E-state index in [2.05, 4.69) is 4.98 Å². The van der Waals surface area contributed by atoms with Crippen molar-refractivity contribution in [1.29, 1.82) is 0 Å². The number of carboxylic acid groups (broad SMARTS) is 1. The summed E-state index contributed by atoms with van der Waals surface area (Å²) in [7, 11) is 0. The molecule has 1 aromatic heterocycles. The molecule has 0 aliphatic heterocycles. The number of hydrogen-bond donors (Lipinski definition) is 1. The summed E-state index contributed by atoms with van der Waals surface area (Å²) >= 11 is 1.60. The number of benzene rings is 1. The zero-order valence-electron chi connectivity index (χ0n) is 11.1. The fourth-order valence-corrected chi connectivity index (χ4v) is 2.59. The maximum atomic E-state index is 11.0. The number of rotatable bonds is 4. The molecular weight excluding hydrogens is 262 g/mol. The van der Waals surface area contributed by atoms with Crippen LogP contribution in [0, 0.1) is 20.8 Å². The maximum Gasteiger partial charge on any atom is 0.336 e. The summed E-state index contributed by atoms with van der Waals surface area (Å²) < 4.78 is 5.67. The van der Waals surface area contributed by atoms with Gasteiger partial charge >= 0.3 is 5.97 Å². The fraction of sp³-hybridized carbons (Fsp3) is 0.286. The van der Waals surface area contributed by atoms with E-state index < -0.39 is 5.97 Å². The van der Waals surface area contributed by atoms with Gasteiger partial charge in [0.05, 0.1) is 11.3 Å². The summed E-state index contributed by atoms with van der Waals surface area (Å²) in [5.41, 5.74) is 1.92. The van der Waals surface area contributed by atoms with Crippen LogP contribution >= 0.6 is 11.3 Å². The quantitative estimate of drug-likeness (QED) is 0.931. The first-order valence-corrected chi connectivity index (χ1v) is 6.69. The van der Waals surface area contributed by atoms with E-state index in [1.54, 1.807) is 36.5 Å². The highest BCUT2D eigenvalue weighted by Gasteiger charge is 2.11. The van der Waals surface area contributed by atoms with Crippen molar-refractivity contribution in [2.24, 2.45) is 0 Å². The van der Waals surface area contributed by atoms with Crippen molar-refractivity contribution >= 4 is 17.3 Å². The average Bonchev–Trinajstić information content (AvgIpc) is 2.67. The molecule has 0 radical (unpaired) electrons. The first-order valence-electron chi connectivity index (χ1n) is 5.87. The van der Waals surface area contributed by atoms with Gasteiger partial charge in [0, 0.05) is 10.4 Å². The lowest BCUT2D eigenvalue weighted by Gasteiger charge is -2.09. The van der Waals surface area contributed by atoms with Gasteiger partial charge in [0.1, 0.15) is 17.4 Å². The molecule has 1 heterocycles. The zero-order chi connectivity index (χ0) is 14.0. The van der Waals surface area contributed by atoms with Crippen molar-refractivity contribution < 1.29 is 14.6 Å². The number of nitrogens with zero attached hydrogens (tertiary/aromatic N) is 1. The Hall–Kier alpha value is -1.88. The number of thiazole rings is 1. The van der Waals surface area contributed by atoms with Gasteiger partial charge in [-0.05, 0) is 32.9 Å². The van der Waals surface area contributed by atoms with Crippen LogP contribution < -0.4 is 4.74 Å². The van der Waals surface area contributed by atoms with Gasteiger partial charge in [0.25, 0.3) is 0 Å². The lowest BCUT2D eigenvalue weighted by atomic mass is 10.1. The van der Waals surface area contributed by atoms with E-state index in [9.17, 15) is 4.79 Å². The van der Waals surface area contributed by atoms with E-state index in [0.717, 1.165) is 10.7 Å². The van der Waals surface area contributed by atoms with E-state index in [1.807, 2.05) is 13.8 Å². The molecule has 0 spiro atoms. The van der Waals surface area contributed by atoms with Gasteiger partial charge in [0.2, 0.25) is 0 Å². The Morgan fingerprint density at radius 1 is 1.37 bits per heavy atom. The third-order valence-electron chi connectivity index (χ3n) is 2.94. The number of hydrogen-bond acceptors (Lipinski definition) is 4. The molecule has 0 bridgehead atoms. The van der Waals surface area contributed by atoms with Crippen LogP contribution in [-0.4, -0.2) is 16.1 Å². The minimum absolute atomic E-state index is 0.268. The smallest absolute Gasteiger partial charge is 0.336 e. The van der Waals surface area contributed by atoms with Crippen LogP contribution in [0.1, 0.15) is 31.5 Å². The molecule has 1 aromatic carbocycles. The Bertz CT molecular complexity index is 600. The molecule has 0 aliphatic rings. The van der Waals surface area contributed by atoms with E-state index in [0.29, 0.717) is 17.9 Å².